The van der Waals surface area contributed by atoms with E-state index >= 15 is 0 Å². The molecule has 0 atom stereocenters. The van der Waals surface area contributed by atoms with E-state index in [4.69, 9.17) is 12.3 Å². The van der Waals surface area contributed by atoms with Crippen LogP contribution in [0.1, 0.15) is 29.0 Å². The molecule has 7 rings (SSSR count). The van der Waals surface area contributed by atoms with Crippen LogP contribution in [0.2, 0.25) is 0 Å². The number of aromatic nitrogens is 2. The molecule has 2 nitrogen and oxygen atoms in total. The number of aryl methyl sites for hydroxylation is 3. The molecule has 0 unspecified atom stereocenters. The van der Waals surface area contributed by atoms with Gasteiger partial charge in [-0.1, -0.05) is 12.1 Å². The summed E-state index contributed by atoms with van der Waals surface area (Å²) in [6.45, 7) is -7.18. The number of hydrogen-bond donors (Lipinski definition) is 0. The first-order chi connectivity index (χ1) is 22.2. The average Bonchev–Trinajstić information content (AvgIpc) is 3.44. The van der Waals surface area contributed by atoms with Crippen molar-refractivity contribution in [3.63, 3.8) is 0 Å². The van der Waals surface area contributed by atoms with Crippen LogP contribution in [0.5, 0.6) is 0 Å². The molecule has 0 saturated carbocycles. The Labute approximate surface area is 265 Å². The fourth-order valence-corrected chi connectivity index (χ4v) is 8.19. The van der Waals surface area contributed by atoms with Gasteiger partial charge in [0, 0.05) is 30.4 Å². The Hall–Kier alpha value is -3.12. The Morgan fingerprint density at radius 2 is 1.51 bits per heavy atom. The smallest absolute Gasteiger partial charge is 0 e. The SMILES string of the molecule is [2H]C([2H])([2H])c1ccc(-c2[c-]cccc2)nc1.[2H]C([2H])([2H])c1cnc(-c2[c-]ccc3c2[te]c2c4ccccc4ccc32)cc1C([2H])([2H])[2H].[Ir]. The first-order valence-corrected chi connectivity index (χ1v) is 14.2. The maximum Gasteiger partial charge on any atom is 0 e. The van der Waals surface area contributed by atoms with Crippen molar-refractivity contribution >= 4 is 48.8 Å². The van der Waals surface area contributed by atoms with Crippen molar-refractivity contribution < 1.29 is 32.4 Å². The quantitative estimate of drug-likeness (QED) is 0.130. The van der Waals surface area contributed by atoms with Crippen LogP contribution in [0.4, 0.5) is 0 Å². The van der Waals surface area contributed by atoms with Crippen LogP contribution in [0.15, 0.2) is 103 Å². The van der Waals surface area contributed by atoms with E-state index in [9.17, 15) is 0 Å². The van der Waals surface area contributed by atoms with Crippen LogP contribution >= 0.6 is 0 Å². The normalized spacial score (nSPS) is 15.1. The third-order valence-electron chi connectivity index (χ3n) is 6.23. The Balaban J connectivity index is 0.000000224. The number of fused-ring (bicyclic) bond motifs is 5. The second-order valence-corrected chi connectivity index (χ2v) is 11.6. The molecule has 193 valence electrons. The summed E-state index contributed by atoms with van der Waals surface area (Å²) < 4.78 is 70.9. The maximum absolute atomic E-state index is 7.86. The summed E-state index contributed by atoms with van der Waals surface area (Å²) in [5, 5.41) is 4.79. The van der Waals surface area contributed by atoms with Crippen LogP contribution in [0, 0.1) is 32.7 Å². The fraction of sp³-hybridized carbons (Fsp3) is 0.0857. The third kappa shape index (κ3) is 5.62. The van der Waals surface area contributed by atoms with Crippen LogP contribution in [0.25, 0.3) is 50.9 Å². The van der Waals surface area contributed by atoms with Gasteiger partial charge >= 0.3 is 165 Å². The van der Waals surface area contributed by atoms with E-state index in [1.807, 2.05) is 42.5 Å². The number of hydrogen-bond acceptors (Lipinski definition) is 2. The van der Waals surface area contributed by atoms with E-state index in [1.54, 1.807) is 18.2 Å². The summed E-state index contributed by atoms with van der Waals surface area (Å²) in [5.41, 5.74) is 2.67. The van der Waals surface area contributed by atoms with E-state index in [0.29, 0.717) is 5.69 Å². The van der Waals surface area contributed by atoms with Gasteiger partial charge in [0.2, 0.25) is 0 Å². The Kier molecular flexibility index (Phi) is 5.60. The standard InChI is InChI=1S/C23H16NTe.C12H10N.Ir/c1-14-12-21(24-13-15(14)2)20-9-5-8-18-19-11-10-16-6-3-4-7-17(16)22(19)25-23(18)20;1-10-7-8-12(13-9-10)11-5-3-2-4-6-11;/h3-8,10-13H,1-2H3;2-5,7-9H,1H3;/q2*-1;/i1D3,2D3;1D3;. The molecule has 0 aliphatic rings. The van der Waals surface area contributed by atoms with Crippen LogP contribution < -0.4 is 0 Å². The zero-order valence-electron chi connectivity index (χ0n) is 29.5. The second kappa shape index (κ2) is 12.0. The van der Waals surface area contributed by atoms with E-state index in [1.165, 1.54) is 38.0 Å². The molecule has 0 aliphatic carbocycles. The molecule has 4 heteroatoms. The predicted octanol–water partition coefficient (Wildman–Crippen LogP) is 8.54. The molecular formula is C35H26IrN2Te-2. The van der Waals surface area contributed by atoms with Gasteiger partial charge in [0.1, 0.15) is 0 Å². The van der Waals surface area contributed by atoms with Crippen LogP contribution in [-0.2, 0) is 20.1 Å². The van der Waals surface area contributed by atoms with Gasteiger partial charge in [-0.05, 0) is 18.1 Å². The van der Waals surface area contributed by atoms with Gasteiger partial charge < -0.3 is 4.98 Å². The van der Waals surface area contributed by atoms with Gasteiger partial charge in [-0.2, -0.15) is 0 Å². The van der Waals surface area contributed by atoms with Crippen LogP contribution in [0.3, 0.4) is 0 Å². The van der Waals surface area contributed by atoms with Gasteiger partial charge in [0.15, 0.2) is 0 Å². The molecule has 7 aromatic rings. The van der Waals surface area contributed by atoms with Crippen molar-refractivity contribution in [1.82, 2.24) is 9.97 Å². The second-order valence-electron chi connectivity index (χ2n) is 8.68. The van der Waals surface area contributed by atoms with E-state index in [0.717, 1.165) is 25.6 Å². The molecule has 1 radical (unpaired) electrons. The Bertz CT molecular complexity index is 2210. The zero-order valence-corrected chi connectivity index (χ0v) is 25.2. The number of benzene rings is 4. The minimum atomic E-state index is -2.55. The summed E-state index contributed by atoms with van der Waals surface area (Å²) in [6.07, 6.45) is 2.58. The first kappa shape index (κ1) is 18.3. The van der Waals surface area contributed by atoms with Crippen molar-refractivity contribution in [2.45, 2.75) is 20.6 Å². The molecule has 0 spiro atoms. The first-order valence-electron chi connectivity index (χ1n) is 16.4. The molecule has 39 heavy (non-hydrogen) atoms. The van der Waals surface area contributed by atoms with Crippen molar-refractivity contribution in [1.29, 1.82) is 0 Å². The molecular weight excluding hydrogens is 768 g/mol. The van der Waals surface area contributed by atoms with Crippen molar-refractivity contribution in [3.8, 4) is 22.5 Å². The number of pyridine rings is 2. The molecule has 4 aromatic carbocycles. The monoisotopic (exact) mass is 806 g/mol. The number of nitrogens with zero attached hydrogens (tertiary/aromatic N) is 2. The van der Waals surface area contributed by atoms with E-state index < -0.39 is 41.0 Å². The zero-order chi connectivity index (χ0) is 33.6. The summed E-state index contributed by atoms with van der Waals surface area (Å²) in [7, 11) is 0. The largest absolute Gasteiger partial charge is 0 e. The van der Waals surface area contributed by atoms with Gasteiger partial charge in [0.05, 0.1) is 0 Å². The van der Waals surface area contributed by atoms with Gasteiger partial charge in [0.25, 0.3) is 0 Å². The topological polar surface area (TPSA) is 25.8 Å². The molecule has 0 N–H and O–H groups in total. The minimum Gasteiger partial charge on any atom is 0 e. The minimum absolute atomic E-state index is 0. The summed E-state index contributed by atoms with van der Waals surface area (Å²) >= 11 is -0.762. The van der Waals surface area contributed by atoms with Gasteiger partial charge in [-0.3, -0.25) is 0 Å². The third-order valence-corrected chi connectivity index (χ3v) is 9.86. The van der Waals surface area contributed by atoms with Crippen molar-refractivity contribution in [2.75, 3.05) is 0 Å². The molecule has 3 heterocycles. The average molecular weight is 803 g/mol. The molecule has 0 fully saturated rings. The fourth-order valence-electron chi connectivity index (χ4n) is 4.36. The molecule has 0 aliphatic heterocycles. The molecule has 0 amide bonds. The summed E-state index contributed by atoms with van der Waals surface area (Å²) in [4.78, 5) is 8.50. The number of rotatable bonds is 2. The van der Waals surface area contributed by atoms with Crippen molar-refractivity contribution in [3.05, 3.63) is 132 Å². The van der Waals surface area contributed by atoms with Gasteiger partial charge in [-0.25, -0.2) is 0 Å². The van der Waals surface area contributed by atoms with Crippen LogP contribution in [-0.4, -0.2) is 30.4 Å². The molecule has 0 saturated heterocycles. The van der Waals surface area contributed by atoms with E-state index in [-0.39, 0.29) is 36.8 Å². The Morgan fingerprint density at radius 1 is 0.667 bits per heavy atom. The Morgan fingerprint density at radius 3 is 2.31 bits per heavy atom. The van der Waals surface area contributed by atoms with E-state index in [2.05, 4.69) is 46.4 Å². The summed E-state index contributed by atoms with van der Waals surface area (Å²) in [5.74, 6) is 0. The van der Waals surface area contributed by atoms with Gasteiger partial charge in [-0.15, -0.1) is 35.9 Å². The van der Waals surface area contributed by atoms with Crippen molar-refractivity contribution in [2.24, 2.45) is 0 Å². The predicted molar refractivity (Wildman–Crippen MR) is 161 cm³/mol. The molecule has 0 bridgehead atoms. The summed E-state index contributed by atoms with van der Waals surface area (Å²) in [6, 6.07) is 34.9. The maximum atomic E-state index is 7.86. The molecule has 3 aromatic heterocycles.